The lowest BCUT2D eigenvalue weighted by Gasteiger charge is -2.37. The smallest absolute Gasteiger partial charge is 0.258 e. The van der Waals surface area contributed by atoms with Crippen molar-refractivity contribution in [2.24, 2.45) is 5.73 Å². The summed E-state index contributed by atoms with van der Waals surface area (Å²) in [5.41, 5.74) is 5.57. The Morgan fingerprint density at radius 3 is 2.79 bits per heavy atom. The second kappa shape index (κ2) is 4.50. The van der Waals surface area contributed by atoms with Crippen LogP contribution < -0.4 is 5.73 Å². The van der Waals surface area contributed by atoms with Crippen molar-refractivity contribution in [3.63, 3.8) is 0 Å². The summed E-state index contributed by atoms with van der Waals surface area (Å²) in [5, 5.41) is 0. The SMILES string of the molecule is C=CC(=O)N1CCC(N)CC1C(F)F. The Labute approximate surface area is 81.6 Å². The number of carbonyl (C=O) groups excluding carboxylic acids is 1. The molecule has 0 aromatic heterocycles. The fourth-order valence-electron chi connectivity index (χ4n) is 1.66. The van der Waals surface area contributed by atoms with Crippen LogP contribution in [0.4, 0.5) is 8.78 Å². The van der Waals surface area contributed by atoms with Crippen LogP contribution in [-0.2, 0) is 4.79 Å². The summed E-state index contributed by atoms with van der Waals surface area (Å²) in [6.07, 6.45) is -0.739. The van der Waals surface area contributed by atoms with Crippen LogP contribution in [0.2, 0.25) is 0 Å². The van der Waals surface area contributed by atoms with Crippen molar-refractivity contribution in [1.82, 2.24) is 4.90 Å². The molecule has 0 aliphatic carbocycles. The molecule has 2 unspecified atom stereocenters. The molecule has 1 aliphatic heterocycles. The van der Waals surface area contributed by atoms with Gasteiger partial charge in [-0.1, -0.05) is 6.58 Å². The monoisotopic (exact) mass is 204 g/mol. The molecule has 0 spiro atoms. The number of alkyl halides is 2. The van der Waals surface area contributed by atoms with E-state index in [9.17, 15) is 13.6 Å². The average molecular weight is 204 g/mol. The highest BCUT2D eigenvalue weighted by molar-refractivity contribution is 5.87. The summed E-state index contributed by atoms with van der Waals surface area (Å²) < 4.78 is 25.1. The van der Waals surface area contributed by atoms with Gasteiger partial charge < -0.3 is 10.6 Å². The van der Waals surface area contributed by atoms with E-state index >= 15 is 0 Å². The number of nitrogens with two attached hydrogens (primary N) is 1. The number of nitrogens with zero attached hydrogens (tertiary/aromatic N) is 1. The molecular weight excluding hydrogens is 190 g/mol. The zero-order chi connectivity index (χ0) is 10.7. The van der Waals surface area contributed by atoms with E-state index in [1.165, 1.54) is 0 Å². The molecule has 2 atom stereocenters. The lowest BCUT2D eigenvalue weighted by molar-refractivity contribution is -0.134. The number of halogens is 2. The van der Waals surface area contributed by atoms with Crippen LogP contribution in [0, 0.1) is 0 Å². The molecule has 0 aromatic rings. The number of likely N-dealkylation sites (tertiary alicyclic amines) is 1. The molecule has 1 aliphatic rings. The third-order valence-electron chi connectivity index (χ3n) is 2.43. The molecule has 1 heterocycles. The minimum atomic E-state index is -2.54. The molecular formula is C9H14F2N2O. The first-order valence-electron chi connectivity index (χ1n) is 4.53. The largest absolute Gasteiger partial charge is 0.330 e. The maximum Gasteiger partial charge on any atom is 0.258 e. The second-order valence-corrected chi connectivity index (χ2v) is 3.42. The van der Waals surface area contributed by atoms with Crippen molar-refractivity contribution in [2.75, 3.05) is 6.54 Å². The molecule has 1 amide bonds. The third-order valence-corrected chi connectivity index (χ3v) is 2.43. The fraction of sp³-hybridized carbons (Fsp3) is 0.667. The number of hydrogen-bond donors (Lipinski definition) is 1. The van der Waals surface area contributed by atoms with Crippen LogP contribution in [0.3, 0.4) is 0 Å². The Bertz CT molecular complexity index is 233. The van der Waals surface area contributed by atoms with Crippen molar-refractivity contribution >= 4 is 5.91 Å². The summed E-state index contributed by atoms with van der Waals surface area (Å²) in [6.45, 7) is 3.57. The molecule has 0 bridgehead atoms. The molecule has 0 radical (unpaired) electrons. The molecule has 14 heavy (non-hydrogen) atoms. The lowest BCUT2D eigenvalue weighted by atomic mass is 9.98. The molecule has 1 saturated heterocycles. The standard InChI is InChI=1S/C9H14F2N2O/c1-2-8(14)13-4-3-6(12)5-7(13)9(10)11/h2,6-7,9H,1,3-5,12H2. The normalized spacial score (nSPS) is 27.9. The first kappa shape index (κ1) is 11.1. The van der Waals surface area contributed by atoms with E-state index in [2.05, 4.69) is 6.58 Å². The Morgan fingerprint density at radius 2 is 2.29 bits per heavy atom. The van der Waals surface area contributed by atoms with Gasteiger partial charge in [0.2, 0.25) is 5.91 Å². The van der Waals surface area contributed by atoms with Crippen molar-refractivity contribution in [3.05, 3.63) is 12.7 Å². The Hall–Kier alpha value is -0.970. The number of rotatable bonds is 2. The summed E-state index contributed by atoms with van der Waals surface area (Å²) in [5.74, 6) is -0.442. The summed E-state index contributed by atoms with van der Waals surface area (Å²) in [6, 6.07) is -1.29. The van der Waals surface area contributed by atoms with Crippen molar-refractivity contribution in [1.29, 1.82) is 0 Å². The molecule has 1 rings (SSSR count). The zero-order valence-corrected chi connectivity index (χ0v) is 7.83. The number of carbonyl (C=O) groups is 1. The van der Waals surface area contributed by atoms with E-state index < -0.39 is 18.4 Å². The molecule has 0 saturated carbocycles. The molecule has 1 fully saturated rings. The molecule has 5 heteroatoms. The number of hydrogen-bond acceptors (Lipinski definition) is 2. The Kier molecular flexibility index (Phi) is 3.57. The van der Waals surface area contributed by atoms with Gasteiger partial charge in [0.25, 0.3) is 6.43 Å². The van der Waals surface area contributed by atoms with Gasteiger partial charge in [-0.25, -0.2) is 8.78 Å². The quantitative estimate of drug-likeness (QED) is 0.675. The topological polar surface area (TPSA) is 46.3 Å². The highest BCUT2D eigenvalue weighted by Crippen LogP contribution is 2.21. The van der Waals surface area contributed by atoms with Crippen molar-refractivity contribution in [2.45, 2.75) is 31.4 Å². The van der Waals surface area contributed by atoms with Crippen molar-refractivity contribution in [3.8, 4) is 0 Å². The van der Waals surface area contributed by atoms with E-state index in [1.807, 2.05) is 0 Å². The van der Waals surface area contributed by atoms with E-state index in [0.29, 0.717) is 13.0 Å². The molecule has 0 aromatic carbocycles. The predicted molar refractivity (Wildman–Crippen MR) is 48.9 cm³/mol. The fourth-order valence-corrected chi connectivity index (χ4v) is 1.66. The molecule has 80 valence electrons. The van der Waals surface area contributed by atoms with Gasteiger partial charge in [-0.3, -0.25) is 4.79 Å². The summed E-state index contributed by atoms with van der Waals surface area (Å²) >= 11 is 0. The van der Waals surface area contributed by atoms with Gasteiger partial charge in [-0.05, 0) is 18.9 Å². The Morgan fingerprint density at radius 1 is 1.64 bits per heavy atom. The van der Waals surface area contributed by atoms with Crippen LogP contribution in [0.5, 0.6) is 0 Å². The van der Waals surface area contributed by atoms with Crippen LogP contribution in [0.25, 0.3) is 0 Å². The van der Waals surface area contributed by atoms with E-state index in [-0.39, 0.29) is 12.5 Å². The van der Waals surface area contributed by atoms with Crippen LogP contribution in [0.1, 0.15) is 12.8 Å². The number of piperidine rings is 1. The maximum absolute atomic E-state index is 12.6. The van der Waals surface area contributed by atoms with Gasteiger partial charge in [-0.2, -0.15) is 0 Å². The molecule has 2 N–H and O–H groups in total. The highest BCUT2D eigenvalue weighted by Gasteiger charge is 2.34. The van der Waals surface area contributed by atoms with Gasteiger partial charge in [-0.15, -0.1) is 0 Å². The minimum Gasteiger partial charge on any atom is -0.330 e. The van der Waals surface area contributed by atoms with Gasteiger partial charge in [0, 0.05) is 12.6 Å². The third kappa shape index (κ3) is 2.29. The average Bonchev–Trinajstić information content (AvgIpc) is 2.16. The lowest BCUT2D eigenvalue weighted by Crippen LogP contribution is -2.52. The highest BCUT2D eigenvalue weighted by atomic mass is 19.3. The van der Waals surface area contributed by atoms with Crippen LogP contribution in [-0.4, -0.2) is 35.9 Å². The summed E-state index contributed by atoms with van der Waals surface area (Å²) in [4.78, 5) is 12.4. The second-order valence-electron chi connectivity index (χ2n) is 3.42. The van der Waals surface area contributed by atoms with E-state index in [4.69, 9.17) is 5.73 Å². The van der Waals surface area contributed by atoms with Crippen molar-refractivity contribution < 1.29 is 13.6 Å². The number of amides is 1. The minimum absolute atomic E-state index is 0.164. The van der Waals surface area contributed by atoms with Gasteiger partial charge in [0.05, 0.1) is 6.04 Å². The van der Waals surface area contributed by atoms with Crippen LogP contribution in [0.15, 0.2) is 12.7 Å². The van der Waals surface area contributed by atoms with Gasteiger partial charge in [0.15, 0.2) is 0 Å². The summed E-state index contributed by atoms with van der Waals surface area (Å²) in [7, 11) is 0. The van der Waals surface area contributed by atoms with E-state index in [0.717, 1.165) is 11.0 Å². The first-order valence-corrected chi connectivity index (χ1v) is 4.53. The predicted octanol–water partition coefficient (Wildman–Crippen LogP) is 0.756. The van der Waals surface area contributed by atoms with Gasteiger partial charge >= 0.3 is 0 Å². The Balaban J connectivity index is 2.72. The molecule has 3 nitrogen and oxygen atoms in total. The maximum atomic E-state index is 12.6. The van der Waals surface area contributed by atoms with Crippen LogP contribution >= 0.6 is 0 Å². The zero-order valence-electron chi connectivity index (χ0n) is 7.83. The van der Waals surface area contributed by atoms with E-state index in [1.54, 1.807) is 0 Å². The van der Waals surface area contributed by atoms with Gasteiger partial charge in [0.1, 0.15) is 0 Å². The first-order chi connectivity index (χ1) is 6.56.